The third kappa shape index (κ3) is 6.67. The fourth-order valence-electron chi connectivity index (χ4n) is 2.42. The molecule has 1 aromatic carbocycles. The molecule has 0 aliphatic carbocycles. The van der Waals surface area contributed by atoms with Crippen molar-refractivity contribution in [2.75, 3.05) is 47.3 Å². The van der Waals surface area contributed by atoms with Crippen LogP contribution in [0.5, 0.6) is 0 Å². The molecule has 2 atom stereocenters. The van der Waals surface area contributed by atoms with Crippen molar-refractivity contribution in [2.24, 2.45) is 0 Å². The van der Waals surface area contributed by atoms with Gasteiger partial charge in [0.05, 0.1) is 33.0 Å². The van der Waals surface area contributed by atoms with Gasteiger partial charge in [0.2, 0.25) is 0 Å². The Kier molecular flexibility index (Phi) is 10.0. The molecule has 0 aliphatic rings. The van der Waals surface area contributed by atoms with E-state index in [2.05, 4.69) is 4.74 Å². The quantitative estimate of drug-likeness (QED) is 0.462. The van der Waals surface area contributed by atoms with Crippen molar-refractivity contribution in [1.82, 2.24) is 5.32 Å². The van der Waals surface area contributed by atoms with Crippen molar-refractivity contribution in [3.8, 4) is 0 Å². The topological polar surface area (TPSA) is 103 Å². The molecule has 0 saturated carbocycles. The van der Waals surface area contributed by atoms with Crippen molar-refractivity contribution in [3.05, 3.63) is 35.9 Å². The zero-order valence-electron chi connectivity index (χ0n) is 16.0. The van der Waals surface area contributed by atoms with Gasteiger partial charge in [-0.25, -0.2) is 4.79 Å². The van der Waals surface area contributed by atoms with E-state index in [4.69, 9.17) is 14.2 Å². The minimum absolute atomic E-state index is 0.0171. The highest BCUT2D eigenvalue weighted by Gasteiger charge is 2.63. The lowest BCUT2D eigenvalue weighted by Crippen LogP contribution is -2.59. The number of rotatable bonds is 13. The number of carboxylic acid groups (broad SMARTS) is 1. The number of aliphatic carboxylic acids is 1. The second-order valence-electron chi connectivity index (χ2n) is 5.79. The number of carboxylic acids is 1. The van der Waals surface area contributed by atoms with Crippen LogP contribution in [0.1, 0.15) is 5.56 Å². The fourth-order valence-corrected chi connectivity index (χ4v) is 2.42. The Morgan fingerprint density at radius 1 is 1.03 bits per heavy atom. The average molecular weight is 423 g/mol. The van der Waals surface area contributed by atoms with Crippen LogP contribution in [0.2, 0.25) is 0 Å². The van der Waals surface area contributed by atoms with Crippen LogP contribution in [0.3, 0.4) is 0 Å². The zero-order valence-corrected chi connectivity index (χ0v) is 16.0. The number of carbonyl (C=O) groups is 2. The number of methoxy groups -OCH3 is 2. The summed E-state index contributed by atoms with van der Waals surface area (Å²) >= 11 is 0. The first kappa shape index (κ1) is 24.8. The number of carbonyl (C=O) groups excluding carboxylic acids is 1. The third-order valence-electron chi connectivity index (χ3n) is 3.90. The number of ether oxygens (including phenoxy) is 4. The van der Waals surface area contributed by atoms with E-state index >= 15 is 0 Å². The maximum atomic E-state index is 13.8. The highest BCUT2D eigenvalue weighted by molar-refractivity contribution is 5.91. The summed E-state index contributed by atoms with van der Waals surface area (Å²) in [7, 11) is 2.22. The van der Waals surface area contributed by atoms with Gasteiger partial charge < -0.3 is 29.4 Å². The van der Waals surface area contributed by atoms with Gasteiger partial charge in [0, 0.05) is 19.8 Å². The van der Waals surface area contributed by atoms with Gasteiger partial charge in [-0.2, -0.15) is 13.2 Å². The Balaban J connectivity index is 2.86. The molecule has 1 aromatic rings. The predicted molar refractivity (Wildman–Crippen MR) is 94.3 cm³/mol. The lowest BCUT2D eigenvalue weighted by atomic mass is 9.91. The fraction of sp³-hybridized carbons (Fsp3) is 0.556. The molecule has 11 heteroatoms. The van der Waals surface area contributed by atoms with E-state index < -0.39 is 41.9 Å². The summed E-state index contributed by atoms with van der Waals surface area (Å²) in [5, 5.41) is 11.1. The molecule has 164 valence electrons. The Morgan fingerprint density at radius 2 is 1.62 bits per heavy atom. The van der Waals surface area contributed by atoms with Gasteiger partial charge in [0.15, 0.2) is 6.04 Å². The van der Waals surface area contributed by atoms with E-state index in [1.807, 2.05) is 5.32 Å². The van der Waals surface area contributed by atoms with Gasteiger partial charge in [0.25, 0.3) is 11.5 Å². The minimum atomic E-state index is -5.15. The summed E-state index contributed by atoms with van der Waals surface area (Å²) in [6, 6.07) is 4.51. The highest BCUT2D eigenvalue weighted by Crippen LogP contribution is 2.42. The predicted octanol–water partition coefficient (Wildman–Crippen LogP) is 1.34. The van der Waals surface area contributed by atoms with E-state index in [-0.39, 0.29) is 13.2 Å². The van der Waals surface area contributed by atoms with Gasteiger partial charge >= 0.3 is 12.1 Å². The van der Waals surface area contributed by atoms with Gasteiger partial charge in [-0.1, -0.05) is 30.3 Å². The highest BCUT2D eigenvalue weighted by atomic mass is 19.4. The standard InChI is InChI=1S/C18H24F3NO7/c1-26-8-9-28-10-11-29-12-14(15(23)24)22-16(25)17(27-2,18(19,20)21)13-6-4-3-5-7-13/h3-7,14H,8-12H2,1-2H3,(H,22,25)(H,23,24)/t14-,17+/m0/s1. The van der Waals surface area contributed by atoms with Gasteiger partial charge in [0.1, 0.15) is 0 Å². The normalized spacial score (nSPS) is 14.8. The van der Waals surface area contributed by atoms with Gasteiger partial charge in [-0.15, -0.1) is 0 Å². The van der Waals surface area contributed by atoms with Crippen molar-refractivity contribution >= 4 is 11.9 Å². The molecule has 0 saturated heterocycles. The van der Waals surface area contributed by atoms with Crippen molar-refractivity contribution in [2.45, 2.75) is 17.8 Å². The zero-order chi connectivity index (χ0) is 21.9. The second kappa shape index (κ2) is 11.7. The van der Waals surface area contributed by atoms with E-state index in [1.54, 1.807) is 0 Å². The number of alkyl halides is 3. The van der Waals surface area contributed by atoms with E-state index in [1.165, 1.54) is 25.3 Å². The largest absolute Gasteiger partial charge is 0.480 e. The maximum Gasteiger partial charge on any atom is 0.430 e. The van der Waals surface area contributed by atoms with Crippen LogP contribution in [0.25, 0.3) is 0 Å². The smallest absolute Gasteiger partial charge is 0.430 e. The van der Waals surface area contributed by atoms with Gasteiger partial charge in [-0.3, -0.25) is 4.79 Å². The molecular formula is C18H24F3NO7. The van der Waals surface area contributed by atoms with Crippen molar-refractivity contribution in [3.63, 3.8) is 0 Å². The van der Waals surface area contributed by atoms with Gasteiger partial charge in [-0.05, 0) is 0 Å². The molecule has 0 fully saturated rings. The molecule has 8 nitrogen and oxygen atoms in total. The number of amides is 1. The van der Waals surface area contributed by atoms with Crippen LogP contribution < -0.4 is 5.32 Å². The number of benzene rings is 1. The first-order valence-electron chi connectivity index (χ1n) is 8.56. The summed E-state index contributed by atoms with van der Waals surface area (Å²) in [6.07, 6.45) is -5.15. The van der Waals surface area contributed by atoms with Crippen LogP contribution in [-0.4, -0.2) is 76.5 Å². The second-order valence-corrected chi connectivity index (χ2v) is 5.79. The number of hydrogen-bond acceptors (Lipinski definition) is 6. The monoisotopic (exact) mass is 423 g/mol. The SMILES string of the molecule is COCCOCCOC[C@H](NC(=O)[C@](OC)(c1ccccc1)C(F)(F)F)C(=O)O. The van der Waals surface area contributed by atoms with Crippen molar-refractivity contribution < 1.29 is 46.8 Å². The maximum absolute atomic E-state index is 13.8. The molecule has 1 amide bonds. The summed E-state index contributed by atoms with van der Waals surface area (Å²) < 4.78 is 61.1. The summed E-state index contributed by atoms with van der Waals surface area (Å²) in [5.74, 6) is -3.22. The van der Waals surface area contributed by atoms with E-state index in [9.17, 15) is 27.9 Å². The summed E-state index contributed by atoms with van der Waals surface area (Å²) in [6.45, 7) is 0.220. The molecular weight excluding hydrogens is 399 g/mol. The molecule has 0 radical (unpaired) electrons. The Hall–Kier alpha value is -2.21. The molecule has 0 bridgehead atoms. The first-order chi connectivity index (χ1) is 13.7. The Bertz CT molecular complexity index is 642. The van der Waals surface area contributed by atoms with Crippen LogP contribution in [0, 0.1) is 0 Å². The minimum Gasteiger partial charge on any atom is -0.480 e. The molecule has 0 aliphatic heterocycles. The van der Waals surface area contributed by atoms with E-state index in [0.717, 1.165) is 19.2 Å². The molecule has 2 N–H and O–H groups in total. The number of hydrogen-bond donors (Lipinski definition) is 2. The van der Waals surface area contributed by atoms with E-state index in [0.29, 0.717) is 13.2 Å². The number of halogens is 3. The Morgan fingerprint density at radius 3 is 2.14 bits per heavy atom. The molecule has 0 heterocycles. The number of nitrogens with one attached hydrogen (secondary N) is 1. The lowest BCUT2D eigenvalue weighted by Gasteiger charge is -2.34. The summed E-state index contributed by atoms with van der Waals surface area (Å²) in [4.78, 5) is 23.9. The molecule has 0 unspecified atom stereocenters. The molecule has 1 rings (SSSR count). The lowest BCUT2D eigenvalue weighted by molar-refractivity contribution is -0.266. The van der Waals surface area contributed by atoms with Crippen LogP contribution in [-0.2, 0) is 34.1 Å². The average Bonchev–Trinajstić information content (AvgIpc) is 2.67. The van der Waals surface area contributed by atoms with Crippen LogP contribution in [0.4, 0.5) is 13.2 Å². The first-order valence-corrected chi connectivity index (χ1v) is 8.56. The molecule has 0 spiro atoms. The van der Waals surface area contributed by atoms with Crippen molar-refractivity contribution in [1.29, 1.82) is 0 Å². The summed E-state index contributed by atoms with van der Waals surface area (Å²) in [5.41, 5.74) is -3.85. The third-order valence-corrected chi connectivity index (χ3v) is 3.90. The molecule has 29 heavy (non-hydrogen) atoms. The molecule has 0 aromatic heterocycles. The van der Waals surface area contributed by atoms with Crippen LogP contribution >= 0.6 is 0 Å². The van der Waals surface area contributed by atoms with Crippen LogP contribution in [0.15, 0.2) is 30.3 Å². The Labute approximate surface area is 165 Å².